The molecule has 0 spiro atoms. The van der Waals surface area contributed by atoms with Crippen LogP contribution in [0.4, 0.5) is 5.82 Å². The van der Waals surface area contributed by atoms with E-state index in [-0.39, 0.29) is 22.6 Å². The van der Waals surface area contributed by atoms with Gasteiger partial charge in [-0.15, -0.1) is 0 Å². The summed E-state index contributed by atoms with van der Waals surface area (Å²) in [6.45, 7) is 2.13. The Labute approximate surface area is 159 Å². The number of ether oxygens (including phenoxy) is 1. The Hall–Kier alpha value is -1.95. The van der Waals surface area contributed by atoms with Gasteiger partial charge in [-0.25, -0.2) is 15.0 Å². The molecule has 3 heterocycles. The quantitative estimate of drug-likeness (QED) is 0.336. The molecule has 148 valence electrons. The van der Waals surface area contributed by atoms with Gasteiger partial charge in [-0.3, -0.25) is 9.36 Å². The summed E-state index contributed by atoms with van der Waals surface area (Å²) in [7, 11) is -0.0206. The number of nitrogens with two attached hydrogens (primary N) is 1. The third kappa shape index (κ3) is 4.32. The number of fused-ring (bicyclic) bond motifs is 1. The summed E-state index contributed by atoms with van der Waals surface area (Å²) in [4.78, 5) is 23.1. The lowest BCUT2D eigenvalue weighted by atomic mass is 10.1. The van der Waals surface area contributed by atoms with Gasteiger partial charge in [0, 0.05) is 19.9 Å². The van der Waals surface area contributed by atoms with Gasteiger partial charge in [0.05, 0.1) is 12.6 Å². The van der Waals surface area contributed by atoms with Crippen LogP contribution in [0, 0.1) is 0 Å². The Morgan fingerprint density at radius 2 is 2.15 bits per heavy atom. The minimum atomic E-state index is -1.10. The van der Waals surface area contributed by atoms with E-state index in [1.807, 2.05) is 0 Å². The number of hydrogen-bond donors (Lipinski definition) is 4. The van der Waals surface area contributed by atoms with E-state index in [1.54, 1.807) is 4.57 Å². The lowest BCUT2D eigenvalue weighted by Gasteiger charge is -2.16. The van der Waals surface area contributed by atoms with Gasteiger partial charge in [0.25, 0.3) is 0 Å². The molecule has 5 N–H and O–H groups in total. The van der Waals surface area contributed by atoms with Crippen LogP contribution in [0.25, 0.3) is 11.2 Å². The van der Waals surface area contributed by atoms with Crippen LogP contribution in [0.3, 0.4) is 0 Å². The zero-order valence-corrected chi connectivity index (χ0v) is 16.1. The van der Waals surface area contributed by atoms with E-state index in [0.29, 0.717) is 23.5 Å². The third-order valence-electron chi connectivity index (χ3n) is 4.49. The SMILES string of the molecule is CC(=O)NCCC[S+](C)CC1OC(n2cnc3c(N)ncnc32)C(O)C1O. The predicted octanol–water partition coefficient (Wildman–Crippen LogP) is -1.20. The zero-order chi connectivity index (χ0) is 19.6. The number of nitrogens with one attached hydrogen (secondary N) is 1. The highest BCUT2D eigenvalue weighted by molar-refractivity contribution is 7.96. The van der Waals surface area contributed by atoms with Gasteiger partial charge in [0.2, 0.25) is 5.91 Å². The third-order valence-corrected chi connectivity index (χ3v) is 6.37. The van der Waals surface area contributed by atoms with Crippen LogP contribution in [-0.2, 0) is 20.4 Å². The second-order valence-electron chi connectivity index (χ2n) is 6.62. The van der Waals surface area contributed by atoms with E-state index in [0.717, 1.165) is 12.2 Å². The van der Waals surface area contributed by atoms with Gasteiger partial charge in [0.15, 0.2) is 17.7 Å². The maximum atomic E-state index is 10.9. The van der Waals surface area contributed by atoms with Crippen molar-refractivity contribution in [1.82, 2.24) is 24.8 Å². The van der Waals surface area contributed by atoms with E-state index in [1.165, 1.54) is 19.6 Å². The monoisotopic (exact) mass is 397 g/mol. The van der Waals surface area contributed by atoms with Crippen molar-refractivity contribution in [2.45, 2.75) is 37.9 Å². The largest absolute Gasteiger partial charge is 0.387 e. The topological polar surface area (TPSA) is 148 Å². The summed E-state index contributed by atoms with van der Waals surface area (Å²) in [6, 6.07) is 0. The second kappa shape index (κ2) is 8.38. The van der Waals surface area contributed by atoms with Crippen LogP contribution in [-0.4, -0.2) is 78.3 Å². The van der Waals surface area contributed by atoms with Crippen LogP contribution < -0.4 is 11.1 Å². The fourth-order valence-corrected chi connectivity index (χ4v) is 4.74. The maximum absolute atomic E-state index is 10.9. The summed E-state index contributed by atoms with van der Waals surface area (Å²) < 4.78 is 7.53. The summed E-state index contributed by atoms with van der Waals surface area (Å²) in [5.41, 5.74) is 6.67. The molecule has 0 aromatic carbocycles. The number of rotatable bonds is 7. The first-order chi connectivity index (χ1) is 12.9. The lowest BCUT2D eigenvalue weighted by Crippen LogP contribution is -2.36. The molecule has 0 saturated carbocycles. The van der Waals surface area contributed by atoms with Crippen LogP contribution in [0.5, 0.6) is 0 Å². The minimum Gasteiger partial charge on any atom is -0.387 e. The second-order valence-corrected chi connectivity index (χ2v) is 8.92. The molecule has 1 aliphatic rings. The van der Waals surface area contributed by atoms with E-state index < -0.39 is 24.5 Å². The first-order valence-electron chi connectivity index (χ1n) is 8.66. The number of amides is 1. The first-order valence-corrected chi connectivity index (χ1v) is 10.6. The number of carbonyl (C=O) groups is 1. The van der Waals surface area contributed by atoms with Crippen molar-refractivity contribution in [3.8, 4) is 0 Å². The number of nitrogens with zero attached hydrogens (tertiary/aromatic N) is 4. The zero-order valence-electron chi connectivity index (χ0n) is 15.3. The summed E-state index contributed by atoms with van der Waals surface area (Å²) in [6.07, 6.45) is 2.37. The lowest BCUT2D eigenvalue weighted by molar-refractivity contribution is -0.118. The standard InChI is InChI=1S/C16H24N6O4S/c1-9(23)18-4-3-5-27(2)6-10-12(24)13(25)16(26-10)22-8-21-11-14(17)19-7-20-15(11)22/h7-8,10,12-13,16,24-25H,3-6H2,1-2H3,(H2-,17,18,19,20,23)/p+1. The molecule has 10 nitrogen and oxygen atoms in total. The van der Waals surface area contributed by atoms with Crippen molar-refractivity contribution in [2.24, 2.45) is 0 Å². The molecule has 1 aliphatic heterocycles. The van der Waals surface area contributed by atoms with Gasteiger partial charge in [-0.05, 0) is 10.9 Å². The molecule has 1 saturated heterocycles. The first kappa shape index (κ1) is 19.8. The van der Waals surface area contributed by atoms with Gasteiger partial charge in [-0.1, -0.05) is 0 Å². The Kier molecular flexibility index (Phi) is 6.15. The summed E-state index contributed by atoms with van der Waals surface area (Å²) in [5, 5.41) is 23.7. The molecule has 5 atom stereocenters. The van der Waals surface area contributed by atoms with E-state index >= 15 is 0 Å². The van der Waals surface area contributed by atoms with Crippen molar-refractivity contribution in [1.29, 1.82) is 0 Å². The molecule has 3 rings (SSSR count). The Morgan fingerprint density at radius 1 is 1.37 bits per heavy atom. The molecule has 2 aromatic heterocycles. The van der Waals surface area contributed by atoms with Crippen LogP contribution in [0.15, 0.2) is 12.7 Å². The number of nitrogen functional groups attached to an aromatic ring is 1. The normalized spacial score (nSPS) is 26.4. The molecular weight excluding hydrogens is 372 g/mol. The van der Waals surface area contributed by atoms with E-state index in [9.17, 15) is 15.0 Å². The molecule has 0 bridgehead atoms. The van der Waals surface area contributed by atoms with Crippen molar-refractivity contribution in [3.63, 3.8) is 0 Å². The summed E-state index contributed by atoms with van der Waals surface area (Å²) >= 11 is 0. The fraction of sp³-hybridized carbons (Fsp3) is 0.625. The fourth-order valence-electron chi connectivity index (χ4n) is 3.10. The van der Waals surface area contributed by atoms with Gasteiger partial charge in [-0.2, -0.15) is 0 Å². The highest BCUT2D eigenvalue weighted by Crippen LogP contribution is 2.32. The highest BCUT2D eigenvalue weighted by atomic mass is 32.2. The molecule has 0 radical (unpaired) electrons. The molecule has 1 amide bonds. The Balaban J connectivity index is 1.63. The molecule has 0 aliphatic carbocycles. The molecule has 5 unspecified atom stereocenters. The van der Waals surface area contributed by atoms with Gasteiger partial charge < -0.3 is 26.0 Å². The number of anilines is 1. The number of imidazole rings is 1. The molecule has 27 heavy (non-hydrogen) atoms. The average Bonchev–Trinajstić information content (AvgIpc) is 3.16. The molecule has 2 aromatic rings. The van der Waals surface area contributed by atoms with Crippen molar-refractivity contribution < 1.29 is 19.7 Å². The predicted molar refractivity (Wildman–Crippen MR) is 102 cm³/mol. The highest BCUT2D eigenvalue weighted by Gasteiger charge is 2.46. The van der Waals surface area contributed by atoms with Crippen LogP contribution in [0.1, 0.15) is 19.6 Å². The van der Waals surface area contributed by atoms with E-state index in [4.69, 9.17) is 10.5 Å². The number of hydrogen-bond acceptors (Lipinski definition) is 8. The number of carbonyl (C=O) groups excluding carboxylic acids is 1. The maximum Gasteiger partial charge on any atom is 0.216 e. The number of aliphatic hydroxyl groups excluding tert-OH is 2. The van der Waals surface area contributed by atoms with Crippen LogP contribution >= 0.6 is 0 Å². The minimum absolute atomic E-state index is 0.0206. The molecule has 1 fully saturated rings. The average molecular weight is 397 g/mol. The van der Waals surface area contributed by atoms with Crippen molar-refractivity contribution >= 4 is 33.8 Å². The smallest absolute Gasteiger partial charge is 0.216 e. The Bertz CT molecular complexity index is 802. The van der Waals surface area contributed by atoms with Crippen molar-refractivity contribution in [3.05, 3.63) is 12.7 Å². The summed E-state index contributed by atoms with van der Waals surface area (Å²) in [5.74, 6) is 1.74. The van der Waals surface area contributed by atoms with Crippen molar-refractivity contribution in [2.75, 3.05) is 30.0 Å². The molecule has 11 heteroatoms. The van der Waals surface area contributed by atoms with E-state index in [2.05, 4.69) is 26.5 Å². The number of aromatic nitrogens is 4. The van der Waals surface area contributed by atoms with Gasteiger partial charge >= 0.3 is 0 Å². The van der Waals surface area contributed by atoms with Gasteiger partial charge in [0.1, 0.15) is 41.7 Å². The number of aliphatic hydroxyl groups is 2. The molecular formula is C16H25N6O4S+. The van der Waals surface area contributed by atoms with Crippen LogP contribution in [0.2, 0.25) is 0 Å². The Morgan fingerprint density at radius 3 is 2.89 bits per heavy atom.